The quantitative estimate of drug-likeness (QED) is 0.761. The second-order valence-corrected chi connectivity index (χ2v) is 6.45. The van der Waals surface area contributed by atoms with Gasteiger partial charge in [0.1, 0.15) is 0 Å². The van der Waals surface area contributed by atoms with Gasteiger partial charge < -0.3 is 10.4 Å². The number of carboxylic acid groups (broad SMARTS) is 1. The summed E-state index contributed by atoms with van der Waals surface area (Å²) in [6, 6.07) is 8.50. The first-order chi connectivity index (χ1) is 10.5. The summed E-state index contributed by atoms with van der Waals surface area (Å²) in [5.41, 5.74) is 2.75. The van der Waals surface area contributed by atoms with Gasteiger partial charge in [0.2, 0.25) is 5.91 Å². The van der Waals surface area contributed by atoms with E-state index in [2.05, 4.69) is 36.5 Å². The highest BCUT2D eigenvalue weighted by molar-refractivity contribution is 5.76. The van der Waals surface area contributed by atoms with E-state index in [1.165, 1.54) is 11.1 Å². The van der Waals surface area contributed by atoms with Crippen LogP contribution in [0.2, 0.25) is 0 Å². The minimum absolute atomic E-state index is 0.00552. The minimum atomic E-state index is -0.799. The van der Waals surface area contributed by atoms with E-state index in [0.29, 0.717) is 25.8 Å². The van der Waals surface area contributed by atoms with Gasteiger partial charge in [-0.1, -0.05) is 31.2 Å². The van der Waals surface area contributed by atoms with Crippen LogP contribution in [0, 0.1) is 0 Å². The molecule has 0 spiro atoms. The third-order valence-corrected chi connectivity index (χ3v) is 4.56. The summed E-state index contributed by atoms with van der Waals surface area (Å²) in [4.78, 5) is 22.4. The van der Waals surface area contributed by atoms with E-state index in [-0.39, 0.29) is 17.7 Å². The number of fused-ring (bicyclic) bond motifs is 1. The molecule has 4 nitrogen and oxygen atoms in total. The van der Waals surface area contributed by atoms with Gasteiger partial charge in [-0.3, -0.25) is 9.59 Å². The van der Waals surface area contributed by atoms with Crippen LogP contribution in [0.5, 0.6) is 0 Å². The Morgan fingerprint density at radius 2 is 1.95 bits per heavy atom. The van der Waals surface area contributed by atoms with Gasteiger partial charge >= 0.3 is 5.97 Å². The van der Waals surface area contributed by atoms with Gasteiger partial charge in [0.25, 0.3) is 0 Å². The zero-order chi connectivity index (χ0) is 16.0. The van der Waals surface area contributed by atoms with E-state index >= 15 is 0 Å². The number of hydrogen-bond acceptors (Lipinski definition) is 2. The Kier molecular flexibility index (Phi) is 5.58. The number of aliphatic carboxylic acids is 1. The van der Waals surface area contributed by atoms with Gasteiger partial charge in [0, 0.05) is 24.8 Å². The number of benzene rings is 1. The predicted octanol–water partition coefficient (Wildman–Crippen LogP) is 3.04. The molecule has 4 heteroatoms. The number of unbranched alkanes of at least 4 members (excludes halogenated alkanes) is 1. The molecule has 1 aromatic carbocycles. The molecule has 2 N–H and O–H groups in total. The summed E-state index contributed by atoms with van der Waals surface area (Å²) in [6.07, 6.45) is 5.10. The summed E-state index contributed by atoms with van der Waals surface area (Å²) in [6.45, 7) is 2.87. The normalized spacial score (nSPS) is 20.2. The maximum Gasteiger partial charge on any atom is 0.303 e. The monoisotopic (exact) mass is 303 g/mol. The third kappa shape index (κ3) is 4.33. The van der Waals surface area contributed by atoms with Crippen molar-refractivity contribution in [2.45, 2.75) is 57.3 Å². The molecule has 120 valence electrons. The highest BCUT2D eigenvalue weighted by atomic mass is 16.4. The molecule has 22 heavy (non-hydrogen) atoms. The molecule has 0 bridgehead atoms. The van der Waals surface area contributed by atoms with Gasteiger partial charge in [-0.25, -0.2) is 0 Å². The largest absolute Gasteiger partial charge is 0.481 e. The fourth-order valence-corrected chi connectivity index (χ4v) is 3.26. The van der Waals surface area contributed by atoms with Crippen molar-refractivity contribution in [3.05, 3.63) is 35.4 Å². The zero-order valence-electron chi connectivity index (χ0n) is 13.2. The lowest BCUT2D eigenvalue weighted by Gasteiger charge is -2.36. The number of amides is 1. The molecule has 0 aromatic heterocycles. The lowest BCUT2D eigenvalue weighted by Crippen LogP contribution is -2.40. The first kappa shape index (κ1) is 16.5. The average Bonchev–Trinajstić information content (AvgIpc) is 2.50. The van der Waals surface area contributed by atoms with E-state index in [1.54, 1.807) is 0 Å². The van der Waals surface area contributed by atoms with Crippen molar-refractivity contribution >= 4 is 11.9 Å². The smallest absolute Gasteiger partial charge is 0.303 e. The Bertz CT molecular complexity index is 541. The highest BCUT2D eigenvalue weighted by Crippen LogP contribution is 2.36. The van der Waals surface area contributed by atoms with Gasteiger partial charge in [-0.2, -0.15) is 0 Å². The molecule has 0 radical (unpaired) electrons. The number of hydrogen-bond donors (Lipinski definition) is 2. The summed E-state index contributed by atoms with van der Waals surface area (Å²) < 4.78 is 0. The molecule has 0 aliphatic heterocycles. The Labute approximate surface area is 131 Å². The third-order valence-electron chi connectivity index (χ3n) is 4.56. The summed E-state index contributed by atoms with van der Waals surface area (Å²) in [5, 5.41) is 11.6. The summed E-state index contributed by atoms with van der Waals surface area (Å²) in [7, 11) is 0. The molecule has 1 aromatic rings. The van der Waals surface area contributed by atoms with Crippen LogP contribution >= 0.6 is 0 Å². The standard InChI is InChI=1S/C18H25NO3/c1-18(12-6-8-14-7-2-3-9-15(14)18)13-19-16(20)10-4-5-11-17(21)22/h2-3,7,9H,4-6,8,10-13H2,1H3,(H,19,20)(H,21,22). The zero-order valence-corrected chi connectivity index (χ0v) is 13.2. The molecule has 2 rings (SSSR count). The lowest BCUT2D eigenvalue weighted by atomic mass is 9.71. The average molecular weight is 303 g/mol. The highest BCUT2D eigenvalue weighted by Gasteiger charge is 2.31. The molecule has 1 aliphatic carbocycles. The molecule has 1 atom stereocenters. The number of carbonyl (C=O) groups excluding carboxylic acids is 1. The van der Waals surface area contributed by atoms with Gasteiger partial charge in [-0.05, 0) is 43.2 Å². The number of carboxylic acids is 1. The number of rotatable bonds is 7. The van der Waals surface area contributed by atoms with Crippen LogP contribution in [0.4, 0.5) is 0 Å². The molecular formula is C18H25NO3. The van der Waals surface area contributed by atoms with Gasteiger partial charge in [0.05, 0.1) is 0 Å². The van der Waals surface area contributed by atoms with Crippen LogP contribution in [0.3, 0.4) is 0 Å². The van der Waals surface area contributed by atoms with E-state index in [0.717, 1.165) is 19.3 Å². The van der Waals surface area contributed by atoms with Crippen LogP contribution in [-0.2, 0) is 21.4 Å². The summed E-state index contributed by atoms with van der Waals surface area (Å²) >= 11 is 0. The van der Waals surface area contributed by atoms with Crippen LogP contribution in [0.1, 0.15) is 56.6 Å². The predicted molar refractivity (Wildman–Crippen MR) is 85.8 cm³/mol. The Balaban J connectivity index is 1.83. The first-order valence-electron chi connectivity index (χ1n) is 8.08. The maximum atomic E-state index is 11.9. The molecular weight excluding hydrogens is 278 g/mol. The van der Waals surface area contributed by atoms with Crippen molar-refractivity contribution in [1.82, 2.24) is 5.32 Å². The van der Waals surface area contributed by atoms with Gasteiger partial charge in [-0.15, -0.1) is 0 Å². The van der Waals surface area contributed by atoms with E-state index < -0.39 is 5.97 Å². The van der Waals surface area contributed by atoms with E-state index in [9.17, 15) is 9.59 Å². The van der Waals surface area contributed by atoms with Crippen LogP contribution in [-0.4, -0.2) is 23.5 Å². The fraction of sp³-hybridized carbons (Fsp3) is 0.556. The molecule has 0 heterocycles. The second-order valence-electron chi connectivity index (χ2n) is 6.45. The lowest BCUT2D eigenvalue weighted by molar-refractivity contribution is -0.137. The number of carbonyl (C=O) groups is 2. The topological polar surface area (TPSA) is 66.4 Å². The Morgan fingerprint density at radius 3 is 2.73 bits per heavy atom. The molecule has 1 aliphatic rings. The van der Waals surface area contributed by atoms with Crippen molar-refractivity contribution in [2.24, 2.45) is 0 Å². The molecule has 1 amide bonds. The van der Waals surface area contributed by atoms with E-state index in [4.69, 9.17) is 5.11 Å². The van der Waals surface area contributed by atoms with Gasteiger partial charge in [0.15, 0.2) is 0 Å². The maximum absolute atomic E-state index is 11.9. The van der Waals surface area contributed by atoms with Crippen LogP contribution < -0.4 is 5.32 Å². The molecule has 1 unspecified atom stereocenters. The Hall–Kier alpha value is -1.84. The van der Waals surface area contributed by atoms with Crippen LogP contribution in [0.25, 0.3) is 0 Å². The van der Waals surface area contributed by atoms with Crippen molar-refractivity contribution < 1.29 is 14.7 Å². The fourth-order valence-electron chi connectivity index (χ4n) is 3.26. The van der Waals surface area contributed by atoms with Crippen molar-refractivity contribution in [2.75, 3.05) is 6.54 Å². The number of nitrogens with one attached hydrogen (secondary N) is 1. The SMILES string of the molecule is CC1(CNC(=O)CCCCC(=O)O)CCCc2ccccc21. The molecule has 0 saturated heterocycles. The second kappa shape index (κ2) is 7.43. The minimum Gasteiger partial charge on any atom is -0.481 e. The van der Waals surface area contributed by atoms with Crippen LogP contribution in [0.15, 0.2) is 24.3 Å². The van der Waals surface area contributed by atoms with Crippen molar-refractivity contribution in [1.29, 1.82) is 0 Å². The number of aryl methyl sites for hydroxylation is 1. The molecule has 0 saturated carbocycles. The van der Waals surface area contributed by atoms with Crippen molar-refractivity contribution in [3.8, 4) is 0 Å². The van der Waals surface area contributed by atoms with E-state index in [1.807, 2.05) is 0 Å². The Morgan fingerprint density at radius 1 is 1.23 bits per heavy atom. The molecule has 0 fully saturated rings. The van der Waals surface area contributed by atoms with Crippen molar-refractivity contribution in [3.63, 3.8) is 0 Å². The first-order valence-corrected chi connectivity index (χ1v) is 8.08. The summed E-state index contributed by atoms with van der Waals surface area (Å²) in [5.74, 6) is -0.776.